The van der Waals surface area contributed by atoms with E-state index < -0.39 is 0 Å². The van der Waals surface area contributed by atoms with E-state index in [0.29, 0.717) is 6.04 Å². The van der Waals surface area contributed by atoms with Gasteiger partial charge in [0, 0.05) is 24.8 Å². The zero-order valence-corrected chi connectivity index (χ0v) is 13.9. The molecule has 0 fully saturated rings. The first-order chi connectivity index (χ1) is 10.0. The molecule has 2 aromatic rings. The summed E-state index contributed by atoms with van der Waals surface area (Å²) in [6.45, 7) is 9.69. The third-order valence-electron chi connectivity index (χ3n) is 4.00. The largest absolute Gasteiger partial charge is 0.310 e. The normalized spacial score (nSPS) is 12.6. The van der Waals surface area contributed by atoms with Crippen molar-refractivity contribution >= 4 is 0 Å². The van der Waals surface area contributed by atoms with Gasteiger partial charge in [0.15, 0.2) is 0 Å². The molecule has 21 heavy (non-hydrogen) atoms. The van der Waals surface area contributed by atoms with Crippen molar-refractivity contribution in [1.29, 1.82) is 0 Å². The van der Waals surface area contributed by atoms with Gasteiger partial charge in [-0.15, -0.1) is 0 Å². The van der Waals surface area contributed by atoms with Crippen LogP contribution in [-0.2, 0) is 13.5 Å². The van der Waals surface area contributed by atoms with E-state index in [1.54, 1.807) is 0 Å². The second-order valence-corrected chi connectivity index (χ2v) is 5.98. The Morgan fingerprint density at radius 2 is 2.00 bits per heavy atom. The summed E-state index contributed by atoms with van der Waals surface area (Å²) in [5.74, 6) is 0. The molecule has 3 nitrogen and oxygen atoms in total. The number of hydrogen-bond donors (Lipinski definition) is 1. The molecule has 114 valence electrons. The molecule has 0 saturated heterocycles. The lowest BCUT2D eigenvalue weighted by Gasteiger charge is -2.20. The summed E-state index contributed by atoms with van der Waals surface area (Å²) in [7, 11) is 1.99. The average Bonchev–Trinajstić information content (AvgIpc) is 2.77. The van der Waals surface area contributed by atoms with Crippen LogP contribution in [0.3, 0.4) is 0 Å². The molecule has 2 rings (SSSR count). The monoisotopic (exact) mass is 285 g/mol. The summed E-state index contributed by atoms with van der Waals surface area (Å²) in [5, 5.41) is 8.18. The molecule has 1 unspecified atom stereocenters. The fraction of sp³-hybridized carbons (Fsp3) is 0.500. The zero-order chi connectivity index (χ0) is 15.4. The molecule has 0 bridgehead atoms. The maximum atomic E-state index is 4.50. The second kappa shape index (κ2) is 6.90. The van der Waals surface area contributed by atoms with E-state index >= 15 is 0 Å². The Kier molecular flexibility index (Phi) is 5.18. The van der Waals surface area contributed by atoms with Gasteiger partial charge < -0.3 is 5.32 Å². The molecule has 1 N–H and O–H groups in total. The minimum Gasteiger partial charge on any atom is -0.310 e. The SMILES string of the molecule is CCCNC(Cc1cc(C)ccc1C)c1cn(C)nc1C. The van der Waals surface area contributed by atoms with Crippen molar-refractivity contribution in [1.82, 2.24) is 15.1 Å². The van der Waals surface area contributed by atoms with Crippen LogP contribution in [0.1, 0.15) is 47.3 Å². The van der Waals surface area contributed by atoms with E-state index in [9.17, 15) is 0 Å². The van der Waals surface area contributed by atoms with Crippen LogP contribution in [0.4, 0.5) is 0 Å². The highest BCUT2D eigenvalue weighted by molar-refractivity contribution is 5.33. The summed E-state index contributed by atoms with van der Waals surface area (Å²) in [4.78, 5) is 0. The number of aromatic nitrogens is 2. The lowest BCUT2D eigenvalue weighted by atomic mass is 9.95. The van der Waals surface area contributed by atoms with Gasteiger partial charge in [0.2, 0.25) is 0 Å². The summed E-state index contributed by atoms with van der Waals surface area (Å²) >= 11 is 0. The molecule has 0 spiro atoms. The van der Waals surface area contributed by atoms with Crippen LogP contribution in [0.25, 0.3) is 0 Å². The van der Waals surface area contributed by atoms with Crippen LogP contribution in [0.15, 0.2) is 24.4 Å². The van der Waals surface area contributed by atoms with Gasteiger partial charge in [0.1, 0.15) is 0 Å². The van der Waals surface area contributed by atoms with Crippen LogP contribution in [0.2, 0.25) is 0 Å². The molecule has 1 atom stereocenters. The number of aryl methyl sites for hydroxylation is 4. The molecule has 0 amide bonds. The van der Waals surface area contributed by atoms with Crippen LogP contribution < -0.4 is 5.32 Å². The number of benzene rings is 1. The lowest BCUT2D eigenvalue weighted by Crippen LogP contribution is -2.24. The quantitative estimate of drug-likeness (QED) is 0.878. The summed E-state index contributed by atoms with van der Waals surface area (Å²) < 4.78 is 1.91. The van der Waals surface area contributed by atoms with Crippen molar-refractivity contribution in [3.8, 4) is 0 Å². The van der Waals surface area contributed by atoms with Crippen molar-refractivity contribution in [2.75, 3.05) is 6.54 Å². The number of nitrogens with zero attached hydrogens (tertiary/aromatic N) is 2. The van der Waals surface area contributed by atoms with Gasteiger partial charge in [-0.3, -0.25) is 4.68 Å². The Hall–Kier alpha value is -1.61. The van der Waals surface area contributed by atoms with Gasteiger partial charge in [-0.05, 0) is 51.3 Å². The zero-order valence-electron chi connectivity index (χ0n) is 13.9. The third-order valence-corrected chi connectivity index (χ3v) is 4.00. The Morgan fingerprint density at radius 3 is 2.62 bits per heavy atom. The van der Waals surface area contributed by atoms with E-state index in [2.05, 4.69) is 62.5 Å². The van der Waals surface area contributed by atoms with Gasteiger partial charge in [0.05, 0.1) is 5.69 Å². The molecule has 3 heteroatoms. The minimum atomic E-state index is 0.333. The fourth-order valence-electron chi connectivity index (χ4n) is 2.81. The highest BCUT2D eigenvalue weighted by atomic mass is 15.3. The number of rotatable bonds is 6. The van der Waals surface area contributed by atoms with Crippen molar-refractivity contribution in [2.45, 2.75) is 46.6 Å². The molecular weight excluding hydrogens is 258 g/mol. The van der Waals surface area contributed by atoms with Gasteiger partial charge in [-0.1, -0.05) is 30.7 Å². The summed E-state index contributed by atoms with van der Waals surface area (Å²) in [6, 6.07) is 7.04. The summed E-state index contributed by atoms with van der Waals surface area (Å²) in [5.41, 5.74) is 6.55. The van der Waals surface area contributed by atoms with E-state index in [1.165, 1.54) is 22.3 Å². The van der Waals surface area contributed by atoms with Crippen LogP contribution in [0, 0.1) is 20.8 Å². The Balaban J connectivity index is 2.28. The van der Waals surface area contributed by atoms with Crippen LogP contribution >= 0.6 is 0 Å². The van der Waals surface area contributed by atoms with Gasteiger partial charge in [-0.2, -0.15) is 5.10 Å². The first-order valence-electron chi connectivity index (χ1n) is 7.81. The highest BCUT2D eigenvalue weighted by Crippen LogP contribution is 2.23. The van der Waals surface area contributed by atoms with E-state index in [4.69, 9.17) is 0 Å². The molecular formula is C18H27N3. The van der Waals surface area contributed by atoms with Gasteiger partial charge >= 0.3 is 0 Å². The Bertz CT molecular complexity index is 599. The molecule has 0 aliphatic carbocycles. The van der Waals surface area contributed by atoms with Crippen molar-refractivity contribution in [2.24, 2.45) is 7.05 Å². The maximum absolute atomic E-state index is 4.50. The number of nitrogens with one attached hydrogen (secondary N) is 1. The topological polar surface area (TPSA) is 29.9 Å². The molecule has 1 aromatic heterocycles. The molecule has 1 heterocycles. The van der Waals surface area contributed by atoms with Gasteiger partial charge in [0.25, 0.3) is 0 Å². The van der Waals surface area contributed by atoms with Crippen molar-refractivity contribution in [3.05, 3.63) is 52.3 Å². The molecule has 0 aliphatic heterocycles. The molecule has 0 radical (unpaired) electrons. The minimum absolute atomic E-state index is 0.333. The summed E-state index contributed by atoms with van der Waals surface area (Å²) in [6.07, 6.45) is 4.30. The predicted octanol–water partition coefficient (Wildman–Crippen LogP) is 3.63. The Labute approximate surface area is 128 Å². The smallest absolute Gasteiger partial charge is 0.0641 e. The first kappa shape index (κ1) is 15.8. The van der Waals surface area contributed by atoms with Crippen molar-refractivity contribution in [3.63, 3.8) is 0 Å². The molecule has 0 aliphatic rings. The Morgan fingerprint density at radius 1 is 1.24 bits per heavy atom. The first-order valence-corrected chi connectivity index (χ1v) is 7.81. The standard InChI is InChI=1S/C18H27N3/c1-6-9-19-18(17-12-21(5)20-15(17)4)11-16-10-13(2)7-8-14(16)3/h7-8,10,12,18-19H,6,9,11H2,1-5H3. The maximum Gasteiger partial charge on any atom is 0.0641 e. The van der Waals surface area contributed by atoms with E-state index in [1.807, 2.05) is 11.7 Å². The van der Waals surface area contributed by atoms with E-state index in [-0.39, 0.29) is 0 Å². The third kappa shape index (κ3) is 3.94. The number of hydrogen-bond acceptors (Lipinski definition) is 2. The van der Waals surface area contributed by atoms with E-state index in [0.717, 1.165) is 25.1 Å². The fourth-order valence-corrected chi connectivity index (χ4v) is 2.81. The second-order valence-electron chi connectivity index (χ2n) is 5.98. The van der Waals surface area contributed by atoms with Crippen LogP contribution in [-0.4, -0.2) is 16.3 Å². The lowest BCUT2D eigenvalue weighted by molar-refractivity contribution is 0.526. The van der Waals surface area contributed by atoms with Crippen molar-refractivity contribution < 1.29 is 0 Å². The molecule has 1 aromatic carbocycles. The predicted molar refractivity (Wildman–Crippen MR) is 88.6 cm³/mol. The molecule has 0 saturated carbocycles. The highest BCUT2D eigenvalue weighted by Gasteiger charge is 2.17. The van der Waals surface area contributed by atoms with Crippen LogP contribution in [0.5, 0.6) is 0 Å². The van der Waals surface area contributed by atoms with Gasteiger partial charge in [-0.25, -0.2) is 0 Å². The average molecular weight is 285 g/mol.